The molecule has 0 radical (unpaired) electrons. The van der Waals surface area contributed by atoms with E-state index in [2.05, 4.69) is 19.1 Å². The van der Waals surface area contributed by atoms with Crippen LogP contribution < -0.4 is 4.74 Å². The van der Waals surface area contributed by atoms with Gasteiger partial charge in [0.1, 0.15) is 22.5 Å². The lowest BCUT2D eigenvalue weighted by Gasteiger charge is -2.08. The van der Waals surface area contributed by atoms with E-state index in [1.165, 1.54) is 0 Å². The van der Waals surface area contributed by atoms with Crippen molar-refractivity contribution >= 4 is 21.9 Å². The van der Waals surface area contributed by atoms with E-state index in [0.717, 1.165) is 44.6 Å². The number of hydrogen-bond donors (Lipinski definition) is 0. The van der Waals surface area contributed by atoms with Gasteiger partial charge in [-0.25, -0.2) is 4.98 Å². The molecule has 0 spiro atoms. The highest BCUT2D eigenvalue weighted by Gasteiger charge is 2.12. The summed E-state index contributed by atoms with van der Waals surface area (Å²) in [6, 6.07) is 18.0. The molecule has 108 valence electrons. The monoisotopic (exact) mass is 289 g/mol. The predicted octanol–water partition coefficient (Wildman–Crippen LogP) is 4.97. The Morgan fingerprint density at radius 2 is 1.86 bits per heavy atom. The lowest BCUT2D eigenvalue weighted by molar-refractivity contribution is 0.419. The summed E-state index contributed by atoms with van der Waals surface area (Å²) in [5.41, 5.74) is 3.71. The smallest absolute Gasteiger partial charge is 0.153 e. The van der Waals surface area contributed by atoms with Gasteiger partial charge >= 0.3 is 0 Å². The van der Waals surface area contributed by atoms with Crippen molar-refractivity contribution in [2.45, 2.75) is 6.92 Å². The van der Waals surface area contributed by atoms with Crippen LogP contribution in [0.4, 0.5) is 0 Å². The molecule has 0 aliphatic carbocycles. The summed E-state index contributed by atoms with van der Waals surface area (Å²) in [7, 11) is 1.67. The van der Waals surface area contributed by atoms with Crippen LogP contribution in [0.3, 0.4) is 0 Å². The zero-order chi connectivity index (χ0) is 15.1. The molecule has 0 aliphatic rings. The average molecular weight is 289 g/mol. The van der Waals surface area contributed by atoms with Crippen LogP contribution in [0.15, 0.2) is 59.0 Å². The van der Waals surface area contributed by atoms with Crippen LogP contribution in [0.25, 0.3) is 33.3 Å². The molecule has 0 unspecified atom stereocenters. The largest absolute Gasteiger partial charge is 0.494 e. The fourth-order valence-electron chi connectivity index (χ4n) is 2.79. The average Bonchev–Trinajstić information content (AvgIpc) is 2.98. The van der Waals surface area contributed by atoms with Crippen molar-refractivity contribution in [3.63, 3.8) is 0 Å². The summed E-state index contributed by atoms with van der Waals surface area (Å²) >= 11 is 0. The highest BCUT2D eigenvalue weighted by atomic mass is 16.5. The minimum atomic E-state index is 0.775. The molecule has 2 aromatic heterocycles. The van der Waals surface area contributed by atoms with Gasteiger partial charge in [-0.15, -0.1) is 0 Å². The van der Waals surface area contributed by atoms with Gasteiger partial charge in [0.15, 0.2) is 5.76 Å². The first-order chi connectivity index (χ1) is 10.8. The third-order valence-corrected chi connectivity index (χ3v) is 3.91. The molecule has 0 atom stereocenters. The molecule has 0 fully saturated rings. The fourth-order valence-corrected chi connectivity index (χ4v) is 2.79. The van der Waals surface area contributed by atoms with Crippen LogP contribution in [-0.2, 0) is 0 Å². The highest BCUT2D eigenvalue weighted by molar-refractivity contribution is 5.90. The second-order valence-electron chi connectivity index (χ2n) is 5.33. The molecule has 0 amide bonds. The topological polar surface area (TPSA) is 35.3 Å². The van der Waals surface area contributed by atoms with Crippen LogP contribution in [-0.4, -0.2) is 12.1 Å². The first-order valence-electron chi connectivity index (χ1n) is 7.19. The molecular weight excluding hydrogens is 274 g/mol. The summed E-state index contributed by atoms with van der Waals surface area (Å²) < 4.78 is 11.4. The van der Waals surface area contributed by atoms with Gasteiger partial charge in [0.25, 0.3) is 0 Å². The minimum absolute atomic E-state index is 0.775. The maximum atomic E-state index is 5.93. The molecule has 4 rings (SSSR count). The number of pyridine rings is 1. The van der Waals surface area contributed by atoms with Crippen molar-refractivity contribution in [2.24, 2.45) is 0 Å². The van der Waals surface area contributed by atoms with Crippen molar-refractivity contribution in [3.05, 3.63) is 60.2 Å². The van der Waals surface area contributed by atoms with E-state index in [1.807, 2.05) is 42.5 Å². The zero-order valence-corrected chi connectivity index (χ0v) is 12.5. The molecule has 0 saturated heterocycles. The molecule has 0 N–H and O–H groups in total. The van der Waals surface area contributed by atoms with Crippen molar-refractivity contribution in [2.75, 3.05) is 7.11 Å². The van der Waals surface area contributed by atoms with E-state index in [1.54, 1.807) is 7.11 Å². The highest BCUT2D eigenvalue weighted by Crippen LogP contribution is 2.32. The van der Waals surface area contributed by atoms with Gasteiger partial charge in [0.05, 0.1) is 7.11 Å². The van der Waals surface area contributed by atoms with Gasteiger partial charge < -0.3 is 9.15 Å². The summed E-state index contributed by atoms with van der Waals surface area (Å²) in [5, 5.41) is 2.18. The molecule has 0 aliphatic heterocycles. The Hall–Kier alpha value is -2.81. The molecule has 22 heavy (non-hydrogen) atoms. The van der Waals surface area contributed by atoms with Crippen LogP contribution >= 0.6 is 0 Å². The lowest BCUT2D eigenvalue weighted by Crippen LogP contribution is -1.91. The molecular formula is C19H15NO2. The van der Waals surface area contributed by atoms with Gasteiger partial charge in [-0.1, -0.05) is 30.3 Å². The van der Waals surface area contributed by atoms with Crippen LogP contribution in [0.5, 0.6) is 5.75 Å². The Balaban J connectivity index is 1.98. The number of rotatable bonds is 2. The van der Waals surface area contributed by atoms with Crippen molar-refractivity contribution in [3.8, 4) is 17.2 Å². The first-order valence-corrected chi connectivity index (χ1v) is 7.19. The second-order valence-corrected chi connectivity index (χ2v) is 5.33. The van der Waals surface area contributed by atoms with Crippen LogP contribution in [0, 0.1) is 6.92 Å². The zero-order valence-electron chi connectivity index (χ0n) is 12.5. The summed E-state index contributed by atoms with van der Waals surface area (Å²) in [4.78, 5) is 4.75. The number of hydrogen-bond acceptors (Lipinski definition) is 3. The van der Waals surface area contributed by atoms with Gasteiger partial charge in [-0.2, -0.15) is 0 Å². The molecule has 4 aromatic rings. The van der Waals surface area contributed by atoms with E-state index < -0.39 is 0 Å². The summed E-state index contributed by atoms with van der Waals surface area (Å²) in [6.07, 6.45) is 0. The number of para-hydroxylation sites is 2. The number of aromatic nitrogens is 1. The molecule has 3 nitrogen and oxygen atoms in total. The molecule has 0 bridgehead atoms. The minimum Gasteiger partial charge on any atom is -0.494 e. The number of benzene rings is 2. The second kappa shape index (κ2) is 4.88. The van der Waals surface area contributed by atoms with Crippen LogP contribution in [0.1, 0.15) is 5.56 Å². The number of nitrogens with zero attached hydrogens (tertiary/aromatic N) is 1. The SMILES string of the molecule is COc1cccc2c(C)cc(-c3cc4ccccc4o3)nc12. The van der Waals surface area contributed by atoms with E-state index in [9.17, 15) is 0 Å². The summed E-state index contributed by atoms with van der Waals surface area (Å²) in [5.74, 6) is 1.55. The van der Waals surface area contributed by atoms with E-state index >= 15 is 0 Å². The Bertz CT molecular complexity index is 952. The van der Waals surface area contributed by atoms with Crippen molar-refractivity contribution in [1.82, 2.24) is 4.98 Å². The quantitative estimate of drug-likeness (QED) is 0.523. The predicted molar refractivity (Wildman–Crippen MR) is 88.2 cm³/mol. The number of ether oxygens (including phenoxy) is 1. The Labute approximate surface area is 128 Å². The van der Waals surface area contributed by atoms with Gasteiger partial charge in [-0.05, 0) is 36.8 Å². The third kappa shape index (κ3) is 1.94. The van der Waals surface area contributed by atoms with Crippen molar-refractivity contribution < 1.29 is 9.15 Å². The van der Waals surface area contributed by atoms with E-state index in [4.69, 9.17) is 14.1 Å². The fraction of sp³-hybridized carbons (Fsp3) is 0.105. The molecule has 2 aromatic carbocycles. The Morgan fingerprint density at radius 1 is 1.00 bits per heavy atom. The maximum absolute atomic E-state index is 5.93. The first kappa shape index (κ1) is 12.9. The normalized spacial score (nSPS) is 11.2. The molecule has 3 heteroatoms. The van der Waals surface area contributed by atoms with Crippen LogP contribution in [0.2, 0.25) is 0 Å². The number of furan rings is 1. The van der Waals surface area contributed by atoms with E-state index in [0.29, 0.717) is 0 Å². The van der Waals surface area contributed by atoms with Gasteiger partial charge in [0.2, 0.25) is 0 Å². The van der Waals surface area contributed by atoms with E-state index in [-0.39, 0.29) is 0 Å². The number of aryl methyl sites for hydroxylation is 1. The molecule has 2 heterocycles. The maximum Gasteiger partial charge on any atom is 0.153 e. The third-order valence-electron chi connectivity index (χ3n) is 3.91. The Morgan fingerprint density at radius 3 is 2.68 bits per heavy atom. The standard InChI is InChI=1S/C19H15NO2/c1-12-10-15(18-11-13-6-3-4-8-16(13)22-18)20-19-14(12)7-5-9-17(19)21-2/h3-11H,1-2H3. The molecule has 0 saturated carbocycles. The van der Waals surface area contributed by atoms with Crippen molar-refractivity contribution in [1.29, 1.82) is 0 Å². The van der Waals surface area contributed by atoms with Gasteiger partial charge in [0, 0.05) is 10.8 Å². The summed E-state index contributed by atoms with van der Waals surface area (Å²) in [6.45, 7) is 2.08. The Kier molecular flexibility index (Phi) is 2.86. The number of fused-ring (bicyclic) bond motifs is 2. The number of methoxy groups -OCH3 is 1. The lowest BCUT2D eigenvalue weighted by atomic mass is 10.1. The van der Waals surface area contributed by atoms with Gasteiger partial charge in [-0.3, -0.25) is 0 Å².